The lowest BCUT2D eigenvalue weighted by Crippen LogP contribution is -2.41. The topological polar surface area (TPSA) is 78.7 Å². The Bertz CT molecular complexity index is 667. The third kappa shape index (κ3) is 4.57. The number of urea groups is 1. The van der Waals surface area contributed by atoms with E-state index in [4.69, 9.17) is 4.52 Å². The molecule has 2 rings (SSSR count). The molecule has 1 aromatic carbocycles. The minimum atomic E-state index is -0.308. The van der Waals surface area contributed by atoms with Crippen molar-refractivity contribution in [2.75, 3.05) is 27.7 Å². The number of nitrogens with one attached hydrogen (secondary N) is 1. The summed E-state index contributed by atoms with van der Waals surface area (Å²) in [5.41, 5.74) is 1.68. The molecule has 7 heteroatoms. The first-order valence-electron chi connectivity index (χ1n) is 7.17. The molecule has 0 aliphatic heterocycles. The number of amides is 3. The number of carbonyl (C=O) groups excluding carboxylic acids is 2. The standard InChI is InChI=1S/C16H20N4O3/c1-19(2)16(22)17-10-15(21)20(3)11-13-9-14(18-23-13)12-7-5-4-6-8-12/h4-9H,10-11H2,1-3H3,(H,17,22). The van der Waals surface area contributed by atoms with E-state index in [2.05, 4.69) is 10.5 Å². The van der Waals surface area contributed by atoms with Crippen molar-refractivity contribution in [2.24, 2.45) is 0 Å². The fraction of sp³-hybridized carbons (Fsp3) is 0.312. The van der Waals surface area contributed by atoms with E-state index >= 15 is 0 Å². The SMILES string of the molecule is CN(C)C(=O)NCC(=O)N(C)Cc1cc(-c2ccccc2)no1. The van der Waals surface area contributed by atoms with Crippen molar-refractivity contribution >= 4 is 11.9 Å². The van der Waals surface area contributed by atoms with Gasteiger partial charge in [-0.05, 0) is 0 Å². The summed E-state index contributed by atoms with van der Waals surface area (Å²) >= 11 is 0. The molecule has 0 aliphatic carbocycles. The first kappa shape index (κ1) is 16.5. The van der Waals surface area contributed by atoms with Crippen LogP contribution in [0.2, 0.25) is 0 Å². The maximum absolute atomic E-state index is 12.0. The predicted octanol–water partition coefficient (Wildman–Crippen LogP) is 1.57. The molecule has 1 N–H and O–H groups in total. The second kappa shape index (κ2) is 7.44. The number of hydrogen-bond acceptors (Lipinski definition) is 4. The molecule has 7 nitrogen and oxygen atoms in total. The third-order valence-corrected chi connectivity index (χ3v) is 3.24. The van der Waals surface area contributed by atoms with E-state index < -0.39 is 0 Å². The summed E-state index contributed by atoms with van der Waals surface area (Å²) in [5, 5.41) is 6.54. The molecule has 122 valence electrons. The number of likely N-dealkylation sites (N-methyl/N-ethyl adjacent to an activating group) is 1. The highest BCUT2D eigenvalue weighted by atomic mass is 16.5. The fourth-order valence-electron chi connectivity index (χ4n) is 1.90. The fourth-order valence-corrected chi connectivity index (χ4v) is 1.90. The molecule has 3 amide bonds. The van der Waals surface area contributed by atoms with Crippen molar-refractivity contribution in [2.45, 2.75) is 6.54 Å². The summed E-state index contributed by atoms with van der Waals surface area (Å²) in [6.45, 7) is 0.226. The van der Waals surface area contributed by atoms with Crippen LogP contribution in [0.25, 0.3) is 11.3 Å². The minimum absolute atomic E-state index is 0.0623. The largest absolute Gasteiger partial charge is 0.359 e. The normalized spacial score (nSPS) is 10.2. The average Bonchev–Trinajstić information content (AvgIpc) is 3.01. The van der Waals surface area contributed by atoms with Gasteiger partial charge in [-0.15, -0.1) is 0 Å². The number of carbonyl (C=O) groups is 2. The molecule has 1 heterocycles. The monoisotopic (exact) mass is 316 g/mol. The lowest BCUT2D eigenvalue weighted by Gasteiger charge is -2.17. The molecule has 0 atom stereocenters. The van der Waals surface area contributed by atoms with Crippen LogP contribution in [0, 0.1) is 0 Å². The average molecular weight is 316 g/mol. The Morgan fingerprint density at radius 1 is 1.17 bits per heavy atom. The van der Waals surface area contributed by atoms with E-state index in [0.29, 0.717) is 5.76 Å². The molecule has 0 bridgehead atoms. The van der Waals surface area contributed by atoms with Gasteiger partial charge in [-0.1, -0.05) is 35.5 Å². The summed E-state index contributed by atoms with van der Waals surface area (Å²) in [4.78, 5) is 26.2. The zero-order valence-corrected chi connectivity index (χ0v) is 13.4. The van der Waals surface area contributed by atoms with E-state index in [0.717, 1.165) is 11.3 Å². The highest BCUT2D eigenvalue weighted by molar-refractivity contribution is 5.83. The Morgan fingerprint density at radius 3 is 2.52 bits per heavy atom. The summed E-state index contributed by atoms with van der Waals surface area (Å²) in [5.74, 6) is 0.372. The van der Waals surface area contributed by atoms with Crippen LogP contribution in [0.3, 0.4) is 0 Å². The zero-order valence-electron chi connectivity index (χ0n) is 13.4. The molecule has 0 unspecified atom stereocenters. The van der Waals surface area contributed by atoms with Crippen LogP contribution in [0.15, 0.2) is 40.9 Å². The van der Waals surface area contributed by atoms with Crippen molar-refractivity contribution < 1.29 is 14.1 Å². The van der Waals surface area contributed by atoms with Crippen LogP contribution >= 0.6 is 0 Å². The maximum atomic E-state index is 12.0. The van der Waals surface area contributed by atoms with Gasteiger partial charge in [0.05, 0.1) is 13.1 Å². The van der Waals surface area contributed by atoms with Gasteiger partial charge < -0.3 is 19.6 Å². The van der Waals surface area contributed by atoms with E-state index in [1.165, 1.54) is 9.80 Å². The molecule has 0 spiro atoms. The Balaban J connectivity index is 1.90. The number of aromatic nitrogens is 1. The quantitative estimate of drug-likeness (QED) is 0.908. The summed E-state index contributed by atoms with van der Waals surface area (Å²) < 4.78 is 5.26. The molecular weight excluding hydrogens is 296 g/mol. The number of hydrogen-bond donors (Lipinski definition) is 1. The van der Waals surface area contributed by atoms with Crippen LogP contribution in [0.1, 0.15) is 5.76 Å². The summed E-state index contributed by atoms with van der Waals surface area (Å²) in [6.07, 6.45) is 0. The Hall–Kier alpha value is -2.83. The molecule has 1 aromatic heterocycles. The van der Waals surface area contributed by atoms with Gasteiger partial charge in [-0.2, -0.15) is 0 Å². The second-order valence-corrected chi connectivity index (χ2v) is 5.35. The van der Waals surface area contributed by atoms with Crippen LogP contribution in [-0.4, -0.2) is 54.6 Å². The highest BCUT2D eigenvalue weighted by Crippen LogP contribution is 2.19. The van der Waals surface area contributed by atoms with Gasteiger partial charge in [0, 0.05) is 32.8 Å². The van der Waals surface area contributed by atoms with Crippen molar-refractivity contribution in [3.05, 3.63) is 42.2 Å². The molecule has 2 aromatic rings. The highest BCUT2D eigenvalue weighted by Gasteiger charge is 2.14. The molecule has 0 aliphatic rings. The molecule has 0 radical (unpaired) electrons. The Morgan fingerprint density at radius 2 is 1.87 bits per heavy atom. The van der Waals surface area contributed by atoms with Gasteiger partial charge in [0.25, 0.3) is 0 Å². The van der Waals surface area contributed by atoms with Gasteiger partial charge in [0.15, 0.2) is 5.76 Å². The number of nitrogens with zero attached hydrogens (tertiary/aromatic N) is 3. The first-order chi connectivity index (χ1) is 11.0. The molecule has 23 heavy (non-hydrogen) atoms. The van der Waals surface area contributed by atoms with Crippen molar-refractivity contribution in [3.63, 3.8) is 0 Å². The molecule has 0 saturated carbocycles. The zero-order chi connectivity index (χ0) is 16.8. The van der Waals surface area contributed by atoms with E-state index in [9.17, 15) is 9.59 Å². The van der Waals surface area contributed by atoms with Crippen LogP contribution in [0.4, 0.5) is 4.79 Å². The van der Waals surface area contributed by atoms with Crippen LogP contribution < -0.4 is 5.32 Å². The molecule has 0 fully saturated rings. The third-order valence-electron chi connectivity index (χ3n) is 3.24. The second-order valence-electron chi connectivity index (χ2n) is 5.35. The van der Waals surface area contributed by atoms with Crippen LogP contribution in [0.5, 0.6) is 0 Å². The van der Waals surface area contributed by atoms with E-state index in [1.807, 2.05) is 30.3 Å². The summed E-state index contributed by atoms with van der Waals surface area (Å²) in [6, 6.07) is 11.1. The number of benzene rings is 1. The minimum Gasteiger partial charge on any atom is -0.359 e. The van der Waals surface area contributed by atoms with Gasteiger partial charge in [0.1, 0.15) is 5.69 Å². The lowest BCUT2D eigenvalue weighted by atomic mass is 10.1. The van der Waals surface area contributed by atoms with Crippen molar-refractivity contribution in [3.8, 4) is 11.3 Å². The van der Waals surface area contributed by atoms with E-state index in [-0.39, 0.29) is 25.0 Å². The van der Waals surface area contributed by atoms with E-state index in [1.54, 1.807) is 27.2 Å². The lowest BCUT2D eigenvalue weighted by molar-refractivity contribution is -0.129. The van der Waals surface area contributed by atoms with Crippen LogP contribution in [-0.2, 0) is 11.3 Å². The Kier molecular flexibility index (Phi) is 5.35. The van der Waals surface area contributed by atoms with Gasteiger partial charge in [-0.25, -0.2) is 4.79 Å². The predicted molar refractivity (Wildman–Crippen MR) is 85.5 cm³/mol. The molecular formula is C16H20N4O3. The van der Waals surface area contributed by atoms with Gasteiger partial charge in [-0.3, -0.25) is 4.79 Å². The first-order valence-corrected chi connectivity index (χ1v) is 7.17. The van der Waals surface area contributed by atoms with Crippen molar-refractivity contribution in [1.29, 1.82) is 0 Å². The molecule has 0 saturated heterocycles. The maximum Gasteiger partial charge on any atom is 0.317 e. The van der Waals surface area contributed by atoms with Crippen molar-refractivity contribution in [1.82, 2.24) is 20.3 Å². The number of rotatable bonds is 5. The van der Waals surface area contributed by atoms with Gasteiger partial charge >= 0.3 is 6.03 Å². The summed E-state index contributed by atoms with van der Waals surface area (Å²) in [7, 11) is 4.88. The van der Waals surface area contributed by atoms with Gasteiger partial charge in [0.2, 0.25) is 5.91 Å². The smallest absolute Gasteiger partial charge is 0.317 e. The Labute approximate surface area is 134 Å².